The Kier molecular flexibility index (Phi) is 35.4. The number of phosphoric acid groups is 2. The minimum Gasteiger partial charge on any atom is -0.462 e. The second-order valence-corrected chi connectivity index (χ2v) is 20.7. The molecule has 0 radical (unpaired) electrons. The van der Waals surface area contributed by atoms with Crippen LogP contribution in [0.1, 0.15) is 174 Å². The van der Waals surface area contributed by atoms with Gasteiger partial charge in [0.2, 0.25) is 0 Å². The van der Waals surface area contributed by atoms with Gasteiger partial charge in [0, 0.05) is 19.0 Å². The number of carbonyl (C=O) groups is 2. The van der Waals surface area contributed by atoms with Crippen molar-refractivity contribution in [2.75, 3.05) is 25.6 Å². The summed E-state index contributed by atoms with van der Waals surface area (Å²) in [5.41, 5.74) is 4.58. The van der Waals surface area contributed by atoms with Gasteiger partial charge >= 0.3 is 33.3 Å². The largest absolute Gasteiger partial charge is 0.481 e. The van der Waals surface area contributed by atoms with E-state index >= 15 is 0 Å². The van der Waals surface area contributed by atoms with Crippen molar-refractivity contribution >= 4 is 33.4 Å². The fraction of sp³-hybridized carbons (Fsp3) is 0.654. The Morgan fingerprint density at radius 1 is 0.667 bits per heavy atom. The number of aliphatic hydroxyl groups is 2. The molecule has 1 aliphatic heterocycles. The predicted molar refractivity (Wildman–Crippen MR) is 279 cm³/mol. The van der Waals surface area contributed by atoms with Crippen LogP contribution in [0.25, 0.3) is 0 Å². The molecule has 3 unspecified atom stereocenters. The Bertz CT molecular complexity index is 1990. The van der Waals surface area contributed by atoms with E-state index in [9.17, 15) is 43.5 Å². The molecule has 0 spiro atoms. The van der Waals surface area contributed by atoms with E-state index in [4.69, 9.17) is 29.0 Å². The molecule has 7 atom stereocenters. The third kappa shape index (κ3) is 31.7. The number of nitrogens with zero attached hydrogens (tertiary/aromatic N) is 2. The topological polar surface area (TPSA) is 265 Å². The Morgan fingerprint density at radius 3 is 1.71 bits per heavy atom. The molecule has 2 heterocycles. The highest BCUT2D eigenvalue weighted by Gasteiger charge is 2.46. The molecule has 0 saturated carbocycles. The number of esters is 2. The minimum absolute atomic E-state index is 0.0106. The number of hydrogen-bond donors (Lipinski definition) is 5. The van der Waals surface area contributed by atoms with Gasteiger partial charge in [-0.3, -0.25) is 23.2 Å². The van der Waals surface area contributed by atoms with E-state index in [1.54, 1.807) is 0 Å². The molecule has 1 saturated heterocycles. The Labute approximate surface area is 427 Å². The van der Waals surface area contributed by atoms with Gasteiger partial charge in [0.1, 0.15) is 30.7 Å². The molecule has 0 aliphatic carbocycles. The maximum absolute atomic E-state index is 12.9. The monoisotopic (exact) mass is 1050 g/mol. The smallest absolute Gasteiger partial charge is 0.462 e. The van der Waals surface area contributed by atoms with Crippen LogP contribution in [-0.2, 0) is 46.3 Å². The summed E-state index contributed by atoms with van der Waals surface area (Å²) in [6.45, 7) is 2.05. The van der Waals surface area contributed by atoms with Gasteiger partial charge < -0.3 is 39.9 Å². The first-order valence-corrected chi connectivity index (χ1v) is 28.9. The number of ether oxygens (including phenoxy) is 3. The Morgan fingerprint density at radius 2 is 1.14 bits per heavy atom. The van der Waals surface area contributed by atoms with Crippen molar-refractivity contribution in [1.82, 2.24) is 9.55 Å². The zero-order chi connectivity index (χ0) is 52.7. The van der Waals surface area contributed by atoms with Gasteiger partial charge in [-0.15, -0.1) is 0 Å². The molecule has 1 aromatic rings. The van der Waals surface area contributed by atoms with Crippen molar-refractivity contribution in [3.05, 3.63) is 95.7 Å². The number of carbonyl (C=O) groups excluding carboxylic acids is 2. The minimum atomic E-state index is -5.44. The summed E-state index contributed by atoms with van der Waals surface area (Å²) >= 11 is 0. The molecule has 1 aliphatic rings. The number of rotatable bonds is 42. The van der Waals surface area contributed by atoms with Crippen LogP contribution in [0.15, 0.2) is 90.0 Å². The molecular weight excluding hydrogens is 969 g/mol. The number of aliphatic hydroxyl groups excluding tert-OH is 2. The average molecular weight is 1050 g/mol. The van der Waals surface area contributed by atoms with Gasteiger partial charge in [0.15, 0.2) is 12.3 Å². The average Bonchev–Trinajstić information content (AvgIpc) is 3.62. The van der Waals surface area contributed by atoms with Gasteiger partial charge in [-0.1, -0.05) is 145 Å². The number of hydrogen-bond acceptors (Lipinski definition) is 15. The fourth-order valence-electron chi connectivity index (χ4n) is 7.22. The lowest BCUT2D eigenvalue weighted by molar-refractivity contribution is -0.161. The Hall–Kier alpha value is -3.80. The lowest BCUT2D eigenvalue weighted by Crippen LogP contribution is -2.36. The summed E-state index contributed by atoms with van der Waals surface area (Å²) in [4.78, 5) is 61.9. The molecular formula is C52H85N3O15P2. The second kappa shape index (κ2) is 39.6. The normalized spacial score (nSPS) is 19.6. The number of phosphoric ester groups is 2. The highest BCUT2D eigenvalue weighted by Crippen LogP contribution is 2.60. The van der Waals surface area contributed by atoms with E-state index in [2.05, 4.69) is 83.9 Å². The van der Waals surface area contributed by atoms with Gasteiger partial charge in [0.25, 0.3) is 0 Å². The summed E-state index contributed by atoms with van der Waals surface area (Å²) < 4.78 is 56.7. The second-order valence-electron chi connectivity index (χ2n) is 17.7. The third-order valence-corrected chi connectivity index (χ3v) is 13.9. The number of nitrogens with two attached hydrogens (primary N) is 1. The van der Waals surface area contributed by atoms with Gasteiger partial charge in [-0.2, -0.15) is 9.29 Å². The first kappa shape index (κ1) is 64.3. The van der Waals surface area contributed by atoms with E-state index in [0.29, 0.717) is 19.3 Å². The van der Waals surface area contributed by atoms with Crippen molar-refractivity contribution < 1.29 is 66.3 Å². The van der Waals surface area contributed by atoms with Crippen LogP contribution >= 0.6 is 15.6 Å². The van der Waals surface area contributed by atoms with E-state index < -0.39 is 83.7 Å². The molecule has 1 fully saturated rings. The Balaban J connectivity index is 1.83. The van der Waals surface area contributed by atoms with Crippen LogP contribution in [0.3, 0.4) is 0 Å². The molecule has 2 rings (SSSR count). The van der Waals surface area contributed by atoms with Crippen LogP contribution in [0.2, 0.25) is 0 Å². The van der Waals surface area contributed by atoms with E-state index in [-0.39, 0.29) is 18.7 Å². The van der Waals surface area contributed by atoms with Crippen molar-refractivity contribution in [3.8, 4) is 0 Å². The fourth-order valence-corrected chi connectivity index (χ4v) is 9.33. The number of nitrogen functional groups attached to an aromatic ring is 1. The third-order valence-electron chi connectivity index (χ3n) is 11.3. The van der Waals surface area contributed by atoms with Crippen molar-refractivity contribution in [3.63, 3.8) is 0 Å². The molecule has 6 N–H and O–H groups in total. The van der Waals surface area contributed by atoms with Crippen molar-refractivity contribution in [1.29, 1.82) is 0 Å². The molecule has 0 aromatic carbocycles. The lowest BCUT2D eigenvalue weighted by Gasteiger charge is -2.21. The zero-order valence-electron chi connectivity index (χ0n) is 42.7. The van der Waals surface area contributed by atoms with Crippen molar-refractivity contribution in [2.45, 2.75) is 199 Å². The number of anilines is 1. The van der Waals surface area contributed by atoms with Crippen LogP contribution in [0.4, 0.5) is 5.82 Å². The van der Waals surface area contributed by atoms with E-state index in [1.807, 2.05) is 12.2 Å². The van der Waals surface area contributed by atoms with Crippen LogP contribution < -0.4 is 11.4 Å². The molecule has 0 bridgehead atoms. The number of unbranched alkanes of at least 4 members (excludes halogenated alkanes) is 14. The summed E-state index contributed by atoms with van der Waals surface area (Å²) in [6, 6.07) is 1.24. The molecule has 18 nitrogen and oxygen atoms in total. The summed E-state index contributed by atoms with van der Waals surface area (Å²) in [5.74, 6) is -1.39. The predicted octanol–water partition coefficient (Wildman–Crippen LogP) is 10.9. The van der Waals surface area contributed by atoms with Gasteiger partial charge in [0.05, 0.1) is 13.2 Å². The van der Waals surface area contributed by atoms with Gasteiger partial charge in [-0.25, -0.2) is 13.9 Å². The number of aromatic nitrogens is 2. The zero-order valence-corrected chi connectivity index (χ0v) is 44.5. The lowest BCUT2D eigenvalue weighted by atomic mass is 10.1. The first-order valence-electron chi connectivity index (χ1n) is 25.9. The maximum atomic E-state index is 12.9. The van der Waals surface area contributed by atoms with Crippen LogP contribution in [0, 0.1) is 0 Å². The standard InChI is InChI=1S/C52H85N3O15P2/c1-3-5-7-9-11-13-15-17-19-21-23-25-27-29-31-33-35-37-47(56)65-41-44(68-48(57)38-36-34-32-30-28-26-24-22-20-18-16-14-12-10-8-6-4-2)42-66-71(61,62)70-72(63,64)67-43-45-49(58)50(59)51(69-45)55-40-39-46(53)54-52(55)60/h12,14,17-20,23-26,29,31,39-40,44-45,49-51,58-59H,3-11,13,15-16,21-22,27-28,30,32-38,41-43H2,1-2H3,(H,61,62)(H,63,64)(H2,53,54,60)/b14-12-,19-17-,20-18-,25-23-,26-24-,31-29-/t44-,45-,49+,50?,51-/m1/s1. The van der Waals surface area contributed by atoms with Crippen LogP contribution in [-0.4, -0.2) is 85.7 Å². The highest BCUT2D eigenvalue weighted by atomic mass is 31.3. The summed E-state index contributed by atoms with van der Waals surface area (Å²) in [6.07, 6.45) is 41.3. The highest BCUT2D eigenvalue weighted by molar-refractivity contribution is 7.61. The molecule has 72 heavy (non-hydrogen) atoms. The maximum Gasteiger partial charge on any atom is 0.481 e. The summed E-state index contributed by atoms with van der Waals surface area (Å²) in [7, 11) is -10.9. The molecule has 0 amide bonds. The quantitative estimate of drug-likeness (QED) is 0.0176. The first-order chi connectivity index (χ1) is 34.7. The SMILES string of the molecule is CCCCC/C=C\C/C=C\C/C=C\CCCCCCC(=O)O[C@H](COC(=O)CCC/C=C\C/C=C\C/C=C\CCCCCCCC)COP(=O)(O)OP(=O)(O)OC[C@H]1O[C@@H](n2ccc(N)nc2=O)C(O)[C@H]1O. The van der Waals surface area contributed by atoms with Crippen LogP contribution in [0.5, 0.6) is 0 Å². The molecule has 408 valence electrons. The van der Waals surface area contributed by atoms with E-state index in [0.717, 1.165) is 75.0 Å². The number of allylic oxidation sites excluding steroid dienone is 12. The van der Waals surface area contributed by atoms with Crippen molar-refractivity contribution in [2.24, 2.45) is 0 Å². The van der Waals surface area contributed by atoms with Gasteiger partial charge in [-0.05, 0) is 89.5 Å². The molecule has 1 aromatic heterocycles. The van der Waals surface area contributed by atoms with E-state index in [1.165, 1.54) is 63.9 Å². The summed E-state index contributed by atoms with van der Waals surface area (Å²) in [5, 5.41) is 20.9. The molecule has 20 heteroatoms.